The van der Waals surface area contributed by atoms with Crippen LogP contribution in [0.4, 0.5) is 24.7 Å². The van der Waals surface area contributed by atoms with Crippen LogP contribution in [0.5, 0.6) is 0 Å². The summed E-state index contributed by atoms with van der Waals surface area (Å²) < 4.78 is 41.2. The van der Waals surface area contributed by atoms with Gasteiger partial charge in [0, 0.05) is 6.07 Å². The van der Waals surface area contributed by atoms with E-state index in [2.05, 4.69) is 15.5 Å². The third kappa shape index (κ3) is 4.54. The maximum atomic E-state index is 13.0. The molecule has 0 spiro atoms. The van der Waals surface area contributed by atoms with Crippen LogP contribution in [0.1, 0.15) is 11.3 Å². The summed E-state index contributed by atoms with van der Waals surface area (Å²) in [5.74, 6) is -0.539. The van der Waals surface area contributed by atoms with E-state index >= 15 is 0 Å². The number of aromatic nitrogens is 4. The van der Waals surface area contributed by atoms with Crippen LogP contribution in [0.15, 0.2) is 36.7 Å². The van der Waals surface area contributed by atoms with Crippen LogP contribution in [-0.4, -0.2) is 30.4 Å². The molecule has 9 nitrogen and oxygen atoms in total. The first-order chi connectivity index (χ1) is 13.5. The number of anilines is 1. The van der Waals surface area contributed by atoms with Gasteiger partial charge in [-0.15, -0.1) is 0 Å². The number of carbonyl (C=O) groups is 1. The lowest BCUT2D eigenvalue weighted by Crippen LogP contribution is -2.21. The molecule has 29 heavy (non-hydrogen) atoms. The van der Waals surface area contributed by atoms with Crippen molar-refractivity contribution in [3.8, 4) is 5.69 Å². The number of halogens is 4. The van der Waals surface area contributed by atoms with E-state index in [9.17, 15) is 28.1 Å². The second-order valence-electron chi connectivity index (χ2n) is 5.95. The molecule has 0 aliphatic carbocycles. The van der Waals surface area contributed by atoms with E-state index in [0.717, 1.165) is 40.0 Å². The molecule has 0 bridgehead atoms. The molecule has 2 aromatic heterocycles. The van der Waals surface area contributed by atoms with Gasteiger partial charge in [-0.05, 0) is 25.1 Å². The average Bonchev–Trinajstić information content (AvgIpc) is 3.21. The third-order valence-electron chi connectivity index (χ3n) is 3.74. The molecule has 0 fully saturated rings. The van der Waals surface area contributed by atoms with Crippen molar-refractivity contribution in [2.45, 2.75) is 19.6 Å². The van der Waals surface area contributed by atoms with Gasteiger partial charge >= 0.3 is 11.9 Å². The largest absolute Gasteiger partial charge is 0.416 e. The van der Waals surface area contributed by atoms with Crippen molar-refractivity contribution in [1.82, 2.24) is 19.6 Å². The van der Waals surface area contributed by atoms with Crippen molar-refractivity contribution in [3.05, 3.63) is 63.1 Å². The summed E-state index contributed by atoms with van der Waals surface area (Å²) in [7, 11) is 0. The van der Waals surface area contributed by atoms with Gasteiger partial charge in [-0.1, -0.05) is 11.6 Å². The fourth-order valence-electron chi connectivity index (χ4n) is 2.49. The second kappa shape index (κ2) is 7.54. The maximum absolute atomic E-state index is 13.0. The standard InChI is InChI=1S/C16H12ClF3N6O3/c1-9-4-14(22-15(27)8-24-7-11(6-21-24)26(28)29)25(23-9)13-5-10(16(18,19)20)2-3-12(13)17/h2-7H,8H2,1H3,(H,22,27). The van der Waals surface area contributed by atoms with Crippen LogP contribution >= 0.6 is 11.6 Å². The fourth-order valence-corrected chi connectivity index (χ4v) is 2.68. The van der Waals surface area contributed by atoms with Crippen molar-refractivity contribution < 1.29 is 22.9 Å². The zero-order valence-electron chi connectivity index (χ0n) is 14.6. The quantitative estimate of drug-likeness (QED) is 0.493. The number of hydrogen-bond donors (Lipinski definition) is 1. The number of nitro groups is 1. The number of carbonyl (C=O) groups excluding carboxylic acids is 1. The Morgan fingerprint density at radius 1 is 1.34 bits per heavy atom. The number of benzene rings is 1. The van der Waals surface area contributed by atoms with Gasteiger partial charge in [0.25, 0.3) is 0 Å². The first kappa shape index (κ1) is 20.3. The topological polar surface area (TPSA) is 108 Å². The molecule has 13 heteroatoms. The summed E-state index contributed by atoms with van der Waals surface area (Å²) >= 11 is 6.04. The van der Waals surface area contributed by atoms with Gasteiger partial charge in [-0.25, -0.2) is 4.68 Å². The lowest BCUT2D eigenvalue weighted by molar-refractivity contribution is -0.385. The van der Waals surface area contributed by atoms with Crippen LogP contribution in [0.2, 0.25) is 5.02 Å². The first-order valence-electron chi connectivity index (χ1n) is 7.95. The summed E-state index contributed by atoms with van der Waals surface area (Å²) in [4.78, 5) is 22.3. The van der Waals surface area contributed by atoms with E-state index in [0.29, 0.717) is 5.69 Å². The zero-order chi connectivity index (χ0) is 21.3. The van der Waals surface area contributed by atoms with Gasteiger partial charge in [-0.2, -0.15) is 23.4 Å². The minimum Gasteiger partial charge on any atom is -0.309 e. The zero-order valence-corrected chi connectivity index (χ0v) is 15.4. The number of alkyl halides is 3. The monoisotopic (exact) mass is 428 g/mol. The van der Waals surface area contributed by atoms with Crippen molar-refractivity contribution in [2.24, 2.45) is 0 Å². The maximum Gasteiger partial charge on any atom is 0.416 e. The highest BCUT2D eigenvalue weighted by Crippen LogP contribution is 2.34. The SMILES string of the molecule is Cc1cc(NC(=O)Cn2cc([N+](=O)[O-])cn2)n(-c2cc(C(F)(F)F)ccc2Cl)n1. The number of aryl methyl sites for hydroxylation is 1. The lowest BCUT2D eigenvalue weighted by atomic mass is 10.2. The number of nitrogens with zero attached hydrogens (tertiary/aromatic N) is 5. The molecule has 0 saturated carbocycles. The Morgan fingerprint density at radius 3 is 2.69 bits per heavy atom. The Kier molecular flexibility index (Phi) is 5.29. The van der Waals surface area contributed by atoms with Gasteiger partial charge in [0.15, 0.2) is 0 Å². The Hall–Kier alpha value is -3.41. The van der Waals surface area contributed by atoms with Gasteiger partial charge in [0.05, 0.1) is 26.9 Å². The van der Waals surface area contributed by atoms with Gasteiger partial charge in [0.1, 0.15) is 24.8 Å². The summed E-state index contributed by atoms with van der Waals surface area (Å²) in [6.07, 6.45) is -2.52. The number of amides is 1. The molecule has 0 saturated heterocycles. The van der Waals surface area contributed by atoms with E-state index in [1.165, 1.54) is 6.07 Å². The Labute approximate surface area is 165 Å². The summed E-state index contributed by atoms with van der Waals surface area (Å²) in [6.45, 7) is 1.24. The predicted molar refractivity (Wildman–Crippen MR) is 95.8 cm³/mol. The summed E-state index contributed by atoms with van der Waals surface area (Å²) in [5.41, 5.74) is -0.858. The number of hydrogen-bond acceptors (Lipinski definition) is 5. The molecule has 0 unspecified atom stereocenters. The van der Waals surface area contributed by atoms with E-state index < -0.39 is 22.6 Å². The molecule has 3 rings (SSSR count). The molecule has 0 aliphatic rings. The molecule has 152 valence electrons. The summed E-state index contributed by atoms with van der Waals surface area (Å²) in [6, 6.07) is 4.19. The predicted octanol–water partition coefficient (Wildman–Crippen LogP) is 3.60. The molecule has 2 heterocycles. The van der Waals surface area contributed by atoms with E-state index in [-0.39, 0.29) is 28.8 Å². The minimum absolute atomic E-state index is 0.000648. The first-order valence-corrected chi connectivity index (χ1v) is 8.33. The number of nitrogens with one attached hydrogen (secondary N) is 1. The van der Waals surface area contributed by atoms with Crippen molar-refractivity contribution in [3.63, 3.8) is 0 Å². The van der Waals surface area contributed by atoms with Crippen LogP contribution in [0, 0.1) is 17.0 Å². The Bertz CT molecular complexity index is 1090. The highest BCUT2D eigenvalue weighted by Gasteiger charge is 2.31. The van der Waals surface area contributed by atoms with Gasteiger partial charge in [0.2, 0.25) is 5.91 Å². The van der Waals surface area contributed by atoms with Crippen LogP contribution in [0.3, 0.4) is 0 Å². The highest BCUT2D eigenvalue weighted by molar-refractivity contribution is 6.32. The Morgan fingerprint density at radius 2 is 2.07 bits per heavy atom. The molecule has 1 aromatic carbocycles. The minimum atomic E-state index is -4.58. The van der Waals surface area contributed by atoms with Crippen molar-refractivity contribution in [2.75, 3.05) is 5.32 Å². The highest BCUT2D eigenvalue weighted by atomic mass is 35.5. The molecule has 1 amide bonds. The average molecular weight is 429 g/mol. The van der Waals surface area contributed by atoms with E-state index in [4.69, 9.17) is 11.6 Å². The molecule has 1 N–H and O–H groups in total. The fraction of sp³-hybridized carbons (Fsp3) is 0.188. The van der Waals surface area contributed by atoms with Crippen molar-refractivity contribution in [1.29, 1.82) is 0 Å². The smallest absolute Gasteiger partial charge is 0.309 e. The van der Waals surface area contributed by atoms with Crippen LogP contribution in [-0.2, 0) is 17.5 Å². The molecule has 0 radical (unpaired) electrons. The van der Waals surface area contributed by atoms with E-state index in [1.54, 1.807) is 6.92 Å². The third-order valence-corrected chi connectivity index (χ3v) is 4.06. The molecule has 0 atom stereocenters. The Balaban J connectivity index is 1.87. The van der Waals surface area contributed by atoms with Crippen molar-refractivity contribution >= 4 is 29.0 Å². The van der Waals surface area contributed by atoms with Gasteiger partial charge in [-0.3, -0.25) is 19.6 Å². The van der Waals surface area contributed by atoms with Gasteiger partial charge < -0.3 is 5.32 Å². The lowest BCUT2D eigenvalue weighted by Gasteiger charge is -2.13. The molecule has 0 aliphatic heterocycles. The molecular weight excluding hydrogens is 417 g/mol. The normalized spacial score (nSPS) is 11.5. The summed E-state index contributed by atoms with van der Waals surface area (Å²) in [5, 5.41) is 21.0. The second-order valence-corrected chi connectivity index (χ2v) is 6.36. The van der Waals surface area contributed by atoms with E-state index in [1.807, 2.05) is 0 Å². The molecular formula is C16H12ClF3N6O3. The van der Waals surface area contributed by atoms with Crippen LogP contribution in [0.25, 0.3) is 5.69 Å². The number of rotatable bonds is 5. The van der Waals surface area contributed by atoms with Crippen LogP contribution < -0.4 is 5.32 Å². The molecule has 3 aromatic rings.